The Labute approximate surface area is 138 Å². The number of hydrogen-bond donors (Lipinski definition) is 1. The van der Waals surface area contributed by atoms with Gasteiger partial charge < -0.3 is 20.1 Å². The van der Waals surface area contributed by atoms with Crippen molar-refractivity contribution in [2.24, 2.45) is 5.73 Å². The molecule has 2 heterocycles. The van der Waals surface area contributed by atoms with Gasteiger partial charge in [0.15, 0.2) is 17.6 Å². The van der Waals surface area contributed by atoms with E-state index < -0.39 is 0 Å². The summed E-state index contributed by atoms with van der Waals surface area (Å²) in [5.74, 6) is 1.33. The Kier molecular flexibility index (Phi) is 4.78. The Morgan fingerprint density at radius 1 is 1.43 bits per heavy atom. The second-order valence-electron chi connectivity index (χ2n) is 5.35. The van der Waals surface area contributed by atoms with Crippen molar-refractivity contribution < 1.29 is 14.3 Å². The lowest BCUT2D eigenvalue weighted by atomic mass is 10.2. The minimum Gasteiger partial charge on any atom is -0.486 e. The van der Waals surface area contributed by atoms with Crippen LogP contribution in [0.4, 0.5) is 0 Å². The molecule has 0 saturated heterocycles. The molecular weight excluding hydrogens is 314 g/mol. The van der Waals surface area contributed by atoms with Gasteiger partial charge in [0.1, 0.15) is 12.3 Å². The number of aromatic nitrogens is 1. The number of likely N-dealkylation sites (N-methyl/N-ethyl adjacent to an activating group) is 1. The van der Waals surface area contributed by atoms with Crippen LogP contribution in [0.25, 0.3) is 0 Å². The zero-order valence-electron chi connectivity index (χ0n) is 12.9. The van der Waals surface area contributed by atoms with Crippen molar-refractivity contribution in [1.29, 1.82) is 0 Å². The van der Waals surface area contributed by atoms with Gasteiger partial charge in [-0.15, -0.1) is 11.3 Å². The summed E-state index contributed by atoms with van der Waals surface area (Å²) in [6.07, 6.45) is 0.499. The van der Waals surface area contributed by atoms with Crippen LogP contribution in [0.5, 0.6) is 11.5 Å². The standard InChI is InChI=1S/C16H19N3O3S/c1-19(16(20)12-10-23-15(18-12)6-7-17)8-11-9-21-13-4-2-3-5-14(13)22-11/h2-5,10-11H,6-9,17H2,1H3. The summed E-state index contributed by atoms with van der Waals surface area (Å²) in [4.78, 5) is 18.4. The third-order valence-electron chi connectivity index (χ3n) is 3.52. The van der Waals surface area contributed by atoms with Crippen molar-refractivity contribution in [3.8, 4) is 11.5 Å². The van der Waals surface area contributed by atoms with Crippen molar-refractivity contribution in [2.75, 3.05) is 26.7 Å². The largest absolute Gasteiger partial charge is 0.486 e. The molecule has 6 nitrogen and oxygen atoms in total. The average molecular weight is 333 g/mol. The van der Waals surface area contributed by atoms with Gasteiger partial charge >= 0.3 is 0 Å². The van der Waals surface area contributed by atoms with E-state index in [1.165, 1.54) is 11.3 Å². The smallest absolute Gasteiger partial charge is 0.273 e. The van der Waals surface area contributed by atoms with Crippen molar-refractivity contribution >= 4 is 17.2 Å². The van der Waals surface area contributed by atoms with Crippen molar-refractivity contribution in [3.05, 3.63) is 40.3 Å². The number of rotatable bonds is 5. The number of ether oxygens (including phenoxy) is 2. The molecule has 0 saturated carbocycles. The molecule has 1 atom stereocenters. The van der Waals surface area contributed by atoms with E-state index in [0.717, 1.165) is 10.8 Å². The van der Waals surface area contributed by atoms with Crippen molar-refractivity contribution in [1.82, 2.24) is 9.88 Å². The van der Waals surface area contributed by atoms with Crippen LogP contribution in [-0.2, 0) is 6.42 Å². The van der Waals surface area contributed by atoms with Crippen LogP contribution in [-0.4, -0.2) is 48.6 Å². The highest BCUT2D eigenvalue weighted by molar-refractivity contribution is 7.09. The Morgan fingerprint density at radius 3 is 3.00 bits per heavy atom. The molecule has 0 radical (unpaired) electrons. The molecule has 122 valence electrons. The van der Waals surface area contributed by atoms with E-state index >= 15 is 0 Å². The molecular formula is C16H19N3O3S. The maximum atomic E-state index is 12.4. The fraction of sp³-hybridized carbons (Fsp3) is 0.375. The normalized spacial score (nSPS) is 16.2. The fourth-order valence-electron chi connectivity index (χ4n) is 2.38. The van der Waals surface area contributed by atoms with Gasteiger partial charge in [0.2, 0.25) is 0 Å². The summed E-state index contributed by atoms with van der Waals surface area (Å²) in [6.45, 7) is 1.39. The summed E-state index contributed by atoms with van der Waals surface area (Å²) in [6, 6.07) is 7.53. The fourth-order valence-corrected chi connectivity index (χ4v) is 3.17. The predicted molar refractivity (Wildman–Crippen MR) is 88.2 cm³/mol. The number of nitrogens with two attached hydrogens (primary N) is 1. The number of para-hydroxylation sites is 2. The van der Waals surface area contributed by atoms with Gasteiger partial charge in [0.05, 0.1) is 11.6 Å². The zero-order chi connectivity index (χ0) is 16.2. The number of amides is 1. The van der Waals surface area contributed by atoms with Crippen LogP contribution < -0.4 is 15.2 Å². The molecule has 7 heteroatoms. The van der Waals surface area contributed by atoms with Crippen LogP contribution in [0.3, 0.4) is 0 Å². The summed E-state index contributed by atoms with van der Waals surface area (Å²) < 4.78 is 11.5. The van der Waals surface area contributed by atoms with Crippen molar-refractivity contribution in [2.45, 2.75) is 12.5 Å². The molecule has 2 N–H and O–H groups in total. The van der Waals surface area contributed by atoms with E-state index in [9.17, 15) is 4.79 Å². The van der Waals surface area contributed by atoms with Crippen LogP contribution in [0, 0.1) is 0 Å². The van der Waals surface area contributed by atoms with Crippen LogP contribution >= 0.6 is 11.3 Å². The number of nitrogens with zero attached hydrogens (tertiary/aromatic N) is 2. The summed E-state index contributed by atoms with van der Waals surface area (Å²) in [7, 11) is 1.74. The molecule has 1 aliphatic rings. The first-order valence-corrected chi connectivity index (χ1v) is 8.33. The topological polar surface area (TPSA) is 77.7 Å². The highest BCUT2D eigenvalue weighted by Gasteiger charge is 2.25. The highest BCUT2D eigenvalue weighted by Crippen LogP contribution is 2.31. The summed E-state index contributed by atoms with van der Waals surface area (Å²) >= 11 is 1.46. The van der Waals surface area contributed by atoms with E-state index in [1.54, 1.807) is 17.3 Å². The zero-order valence-corrected chi connectivity index (χ0v) is 13.7. The molecule has 1 aromatic heterocycles. The highest BCUT2D eigenvalue weighted by atomic mass is 32.1. The number of thiazole rings is 1. The number of hydrogen-bond acceptors (Lipinski definition) is 6. The first-order valence-electron chi connectivity index (χ1n) is 7.46. The Morgan fingerprint density at radius 2 is 2.22 bits per heavy atom. The lowest BCUT2D eigenvalue weighted by molar-refractivity contribution is 0.0518. The SMILES string of the molecule is CN(CC1COc2ccccc2O1)C(=O)c1csc(CCN)n1. The van der Waals surface area contributed by atoms with E-state index in [4.69, 9.17) is 15.2 Å². The molecule has 1 aromatic carbocycles. The van der Waals surface area contributed by atoms with Crippen LogP contribution in [0.1, 0.15) is 15.5 Å². The van der Waals surface area contributed by atoms with Crippen LogP contribution in [0.15, 0.2) is 29.6 Å². The minimum atomic E-state index is -0.194. The van der Waals surface area contributed by atoms with Gasteiger partial charge in [-0.2, -0.15) is 0 Å². The van der Waals surface area contributed by atoms with Gasteiger partial charge in [-0.25, -0.2) is 4.98 Å². The maximum absolute atomic E-state index is 12.4. The van der Waals surface area contributed by atoms with Gasteiger partial charge in [0, 0.05) is 18.8 Å². The van der Waals surface area contributed by atoms with E-state index in [1.807, 2.05) is 24.3 Å². The third-order valence-corrected chi connectivity index (χ3v) is 4.43. The van der Waals surface area contributed by atoms with E-state index in [2.05, 4.69) is 4.98 Å². The molecule has 0 spiro atoms. The monoisotopic (exact) mass is 333 g/mol. The molecule has 23 heavy (non-hydrogen) atoms. The number of benzene rings is 1. The molecule has 2 aromatic rings. The first-order chi connectivity index (χ1) is 11.2. The number of carbonyl (C=O) groups excluding carboxylic acids is 1. The third kappa shape index (κ3) is 3.62. The molecule has 0 fully saturated rings. The van der Waals surface area contributed by atoms with Gasteiger partial charge in [-0.05, 0) is 18.7 Å². The Bertz CT molecular complexity index is 689. The molecule has 1 amide bonds. The minimum absolute atomic E-state index is 0.119. The van der Waals surface area contributed by atoms with Gasteiger partial charge in [-0.1, -0.05) is 12.1 Å². The molecule has 3 rings (SSSR count). The molecule has 1 unspecified atom stereocenters. The Balaban J connectivity index is 1.60. The second-order valence-corrected chi connectivity index (χ2v) is 6.29. The first kappa shape index (κ1) is 15.8. The number of fused-ring (bicyclic) bond motifs is 1. The molecule has 1 aliphatic heterocycles. The lowest BCUT2D eigenvalue weighted by Gasteiger charge is -2.29. The van der Waals surface area contributed by atoms with E-state index in [-0.39, 0.29) is 12.0 Å². The van der Waals surface area contributed by atoms with Gasteiger partial charge in [-0.3, -0.25) is 4.79 Å². The van der Waals surface area contributed by atoms with Crippen LogP contribution in [0.2, 0.25) is 0 Å². The Hall–Kier alpha value is -2.12. The summed E-state index contributed by atoms with van der Waals surface area (Å²) in [5, 5.41) is 2.66. The van der Waals surface area contributed by atoms with Gasteiger partial charge in [0.25, 0.3) is 5.91 Å². The molecule has 0 aliphatic carbocycles. The maximum Gasteiger partial charge on any atom is 0.273 e. The van der Waals surface area contributed by atoms with Crippen molar-refractivity contribution in [3.63, 3.8) is 0 Å². The predicted octanol–water partition coefficient (Wildman–Crippen LogP) is 1.56. The summed E-state index contributed by atoms with van der Waals surface area (Å²) in [5.41, 5.74) is 5.97. The second kappa shape index (κ2) is 6.97. The molecule has 0 bridgehead atoms. The quantitative estimate of drug-likeness (QED) is 0.898. The number of carbonyl (C=O) groups is 1. The average Bonchev–Trinajstić information content (AvgIpc) is 3.03. The lowest BCUT2D eigenvalue weighted by Crippen LogP contribution is -2.41. The van der Waals surface area contributed by atoms with E-state index in [0.29, 0.717) is 37.6 Å².